The highest BCUT2D eigenvalue weighted by atomic mass is 16.4. The number of fused-ring (bicyclic) bond motifs is 1. The molecule has 2 aromatic heterocycles. The maximum atomic E-state index is 13.5. The lowest BCUT2D eigenvalue weighted by molar-refractivity contribution is -0.170. The third kappa shape index (κ3) is 7.14. The van der Waals surface area contributed by atoms with E-state index in [0.717, 1.165) is 57.1 Å². The van der Waals surface area contributed by atoms with Crippen LogP contribution in [0.25, 0.3) is 0 Å². The van der Waals surface area contributed by atoms with Crippen LogP contribution in [0.2, 0.25) is 0 Å². The monoisotopic (exact) mass is 559 g/mol. The molecular weight excluding hydrogens is 522 g/mol. The van der Waals surface area contributed by atoms with Crippen molar-refractivity contribution in [2.75, 3.05) is 24.5 Å². The van der Waals surface area contributed by atoms with Crippen molar-refractivity contribution in [2.24, 2.45) is 0 Å². The van der Waals surface area contributed by atoms with E-state index in [-0.39, 0.29) is 11.9 Å². The number of nitrogens with zero attached hydrogens (tertiary/aromatic N) is 5. The van der Waals surface area contributed by atoms with Crippen LogP contribution in [-0.4, -0.2) is 88.9 Å². The van der Waals surface area contributed by atoms with Gasteiger partial charge in [-0.1, -0.05) is 20.3 Å². The number of carbonyl (C=O) groups excluding carboxylic acids is 1. The molecule has 2 aromatic rings. The molecule has 0 bridgehead atoms. The Morgan fingerprint density at radius 3 is 2.20 bits per heavy atom. The number of carboxylic acids is 3. The summed E-state index contributed by atoms with van der Waals surface area (Å²) in [5.41, 5.74) is 0.0382. The Labute approximate surface area is 232 Å². The van der Waals surface area contributed by atoms with Crippen molar-refractivity contribution in [2.45, 2.75) is 77.0 Å². The summed E-state index contributed by atoms with van der Waals surface area (Å²) in [6, 6.07) is 4.36. The van der Waals surface area contributed by atoms with Gasteiger partial charge in [0.25, 0.3) is 5.91 Å². The zero-order valence-corrected chi connectivity index (χ0v) is 22.8. The fourth-order valence-corrected chi connectivity index (χ4v) is 5.08. The predicted molar refractivity (Wildman–Crippen MR) is 143 cm³/mol. The second-order valence-corrected chi connectivity index (χ2v) is 9.99. The van der Waals surface area contributed by atoms with Crippen LogP contribution in [0.1, 0.15) is 80.2 Å². The smallest absolute Gasteiger partial charge is 0.336 e. The number of aryl methyl sites for hydroxylation is 1. The van der Waals surface area contributed by atoms with Crippen LogP contribution < -0.4 is 4.90 Å². The summed E-state index contributed by atoms with van der Waals surface area (Å²) in [7, 11) is 0. The number of aromatic nitrogens is 3. The van der Waals surface area contributed by atoms with Gasteiger partial charge in [-0.15, -0.1) is 0 Å². The molecule has 2 aliphatic heterocycles. The molecule has 1 atom stereocenters. The zero-order chi connectivity index (χ0) is 29.4. The lowest BCUT2D eigenvalue weighted by Gasteiger charge is -2.37. The van der Waals surface area contributed by atoms with Crippen LogP contribution in [0.4, 0.5) is 5.95 Å². The first-order valence-electron chi connectivity index (χ1n) is 13.5. The van der Waals surface area contributed by atoms with Crippen LogP contribution in [-0.2, 0) is 27.3 Å². The summed E-state index contributed by atoms with van der Waals surface area (Å²) in [5.74, 6) is -4.17. The van der Waals surface area contributed by atoms with E-state index < -0.39 is 36.4 Å². The third-order valence-electron chi connectivity index (χ3n) is 7.08. The van der Waals surface area contributed by atoms with Gasteiger partial charge in [0.15, 0.2) is 5.60 Å². The van der Waals surface area contributed by atoms with Gasteiger partial charge in [0, 0.05) is 44.3 Å². The van der Waals surface area contributed by atoms with Gasteiger partial charge in [0.2, 0.25) is 5.95 Å². The lowest BCUT2D eigenvalue weighted by Crippen LogP contribution is -2.42. The number of amides is 1. The summed E-state index contributed by atoms with van der Waals surface area (Å²) in [4.78, 5) is 57.5. The number of hydrogen-bond donors (Lipinski definition) is 4. The molecule has 1 fully saturated rings. The predicted octanol–water partition coefficient (Wildman–Crippen LogP) is 2.19. The first-order chi connectivity index (χ1) is 19.0. The minimum Gasteiger partial charge on any atom is -0.481 e. The van der Waals surface area contributed by atoms with Gasteiger partial charge in [-0.25, -0.2) is 14.8 Å². The second-order valence-electron chi connectivity index (χ2n) is 9.99. The summed E-state index contributed by atoms with van der Waals surface area (Å²) >= 11 is 0. The minimum absolute atomic E-state index is 0.0747. The molecule has 4 heterocycles. The summed E-state index contributed by atoms with van der Waals surface area (Å²) in [6.45, 7) is 7.86. The van der Waals surface area contributed by atoms with Crippen molar-refractivity contribution < 1.29 is 39.6 Å². The fourth-order valence-electron chi connectivity index (χ4n) is 5.08. The van der Waals surface area contributed by atoms with E-state index in [1.807, 2.05) is 4.90 Å². The van der Waals surface area contributed by atoms with Crippen molar-refractivity contribution in [3.8, 4) is 0 Å². The molecule has 2 aliphatic rings. The van der Waals surface area contributed by atoms with Crippen molar-refractivity contribution in [1.82, 2.24) is 19.4 Å². The maximum Gasteiger partial charge on any atom is 0.336 e. The van der Waals surface area contributed by atoms with E-state index in [2.05, 4.69) is 46.6 Å². The van der Waals surface area contributed by atoms with Crippen LogP contribution in [0, 0.1) is 0 Å². The average Bonchev–Trinajstić information content (AvgIpc) is 3.60. The number of aliphatic hydroxyl groups is 1. The normalized spacial score (nSPS) is 16.6. The summed E-state index contributed by atoms with van der Waals surface area (Å²) in [5, 5.41) is 33.8. The number of carboxylic acid groups (broad SMARTS) is 3. The molecular formula is C27H37N5O8. The van der Waals surface area contributed by atoms with E-state index >= 15 is 0 Å². The first kappa shape index (κ1) is 30.5. The molecule has 13 heteroatoms. The molecule has 218 valence electrons. The maximum absolute atomic E-state index is 13.5. The van der Waals surface area contributed by atoms with Crippen LogP contribution in [0.5, 0.6) is 0 Å². The molecule has 4 rings (SSSR count). The fraction of sp³-hybridized carbons (Fsp3) is 0.556. The lowest BCUT2D eigenvalue weighted by atomic mass is 9.96. The molecule has 1 unspecified atom stereocenters. The Kier molecular flexibility index (Phi) is 10.2. The SMILES string of the molecule is CCCC1c2cccn2CCN1C(=O)c1cnc(N2CCCC2)nc1CC.O=C(O)CC(O)(CC(=O)O)C(=O)O. The number of hydrogen-bond acceptors (Lipinski definition) is 8. The van der Waals surface area contributed by atoms with E-state index in [1.165, 1.54) is 18.5 Å². The van der Waals surface area contributed by atoms with Crippen LogP contribution in [0.15, 0.2) is 24.5 Å². The van der Waals surface area contributed by atoms with Gasteiger partial charge in [0.05, 0.1) is 30.1 Å². The number of anilines is 1. The molecule has 40 heavy (non-hydrogen) atoms. The van der Waals surface area contributed by atoms with Crippen LogP contribution in [0.3, 0.4) is 0 Å². The van der Waals surface area contributed by atoms with Gasteiger partial charge in [-0.2, -0.15) is 0 Å². The Morgan fingerprint density at radius 1 is 1.00 bits per heavy atom. The summed E-state index contributed by atoms with van der Waals surface area (Å²) < 4.78 is 2.28. The van der Waals surface area contributed by atoms with Crippen molar-refractivity contribution in [1.29, 1.82) is 0 Å². The minimum atomic E-state index is -2.74. The van der Waals surface area contributed by atoms with Crippen LogP contribution >= 0.6 is 0 Å². The van der Waals surface area contributed by atoms with Crippen molar-refractivity contribution in [3.63, 3.8) is 0 Å². The molecule has 1 saturated heterocycles. The Bertz CT molecular complexity index is 1210. The highest BCUT2D eigenvalue weighted by Gasteiger charge is 2.40. The van der Waals surface area contributed by atoms with E-state index in [4.69, 9.17) is 25.4 Å². The van der Waals surface area contributed by atoms with E-state index in [0.29, 0.717) is 5.56 Å². The van der Waals surface area contributed by atoms with Gasteiger partial charge in [-0.05, 0) is 37.8 Å². The molecule has 0 radical (unpaired) electrons. The Morgan fingerprint density at radius 2 is 1.65 bits per heavy atom. The molecule has 13 nitrogen and oxygen atoms in total. The van der Waals surface area contributed by atoms with Gasteiger partial charge >= 0.3 is 17.9 Å². The number of carbonyl (C=O) groups is 4. The average molecular weight is 560 g/mol. The zero-order valence-electron chi connectivity index (χ0n) is 22.8. The Hall–Kier alpha value is -4.00. The molecule has 0 spiro atoms. The topological polar surface area (TPSA) is 186 Å². The summed E-state index contributed by atoms with van der Waals surface area (Å²) in [6.07, 6.45) is 6.74. The highest BCUT2D eigenvalue weighted by Crippen LogP contribution is 2.32. The largest absolute Gasteiger partial charge is 0.481 e. The highest BCUT2D eigenvalue weighted by molar-refractivity contribution is 5.95. The molecule has 0 aliphatic carbocycles. The van der Waals surface area contributed by atoms with Gasteiger partial charge in [-0.3, -0.25) is 14.4 Å². The van der Waals surface area contributed by atoms with E-state index in [1.54, 1.807) is 6.20 Å². The van der Waals surface area contributed by atoms with Crippen molar-refractivity contribution >= 4 is 29.8 Å². The number of rotatable bonds is 10. The van der Waals surface area contributed by atoms with Gasteiger partial charge in [0.1, 0.15) is 0 Å². The molecule has 0 saturated carbocycles. The quantitative estimate of drug-likeness (QED) is 0.334. The Balaban J connectivity index is 0.000000289. The molecule has 1 amide bonds. The first-order valence-corrected chi connectivity index (χ1v) is 13.5. The molecule has 0 aromatic carbocycles. The third-order valence-corrected chi connectivity index (χ3v) is 7.08. The van der Waals surface area contributed by atoms with Gasteiger partial charge < -0.3 is 34.8 Å². The standard InChI is InChI=1S/C21H29N5O.C6H8O7/c1-3-8-19-18-9-7-12-24(18)13-14-26(19)20(27)16-15-22-21(23-17(16)4-2)25-10-5-6-11-25;7-3(8)1-6(13,5(11)12)2-4(9)10/h7,9,12,15,19H,3-6,8,10-11,13-14H2,1-2H3;13H,1-2H2,(H,7,8)(H,9,10)(H,11,12). The molecule has 4 N–H and O–H groups in total. The second kappa shape index (κ2) is 13.4. The van der Waals surface area contributed by atoms with E-state index in [9.17, 15) is 19.2 Å². The van der Waals surface area contributed by atoms with Crippen molar-refractivity contribution in [3.05, 3.63) is 41.5 Å². The number of aliphatic carboxylic acids is 3.